The van der Waals surface area contributed by atoms with Crippen LogP contribution >= 0.6 is 27.5 Å². The van der Waals surface area contributed by atoms with Crippen LogP contribution in [0, 0.1) is 0 Å². The third-order valence-corrected chi connectivity index (χ3v) is 4.37. The second kappa shape index (κ2) is 6.10. The van der Waals surface area contributed by atoms with Crippen molar-refractivity contribution in [1.82, 2.24) is 0 Å². The standard InChI is InChI=1S/C14H19BrClN/c1-2-17(12-6-4-3-5-7-12)14-9-8-11(15)10-13(14)16/h8-10,12H,2-7H2,1H3. The smallest absolute Gasteiger partial charge is 0.0650 e. The lowest BCUT2D eigenvalue weighted by Crippen LogP contribution is -2.36. The summed E-state index contributed by atoms with van der Waals surface area (Å²) in [5.41, 5.74) is 1.18. The minimum absolute atomic E-state index is 0.674. The van der Waals surface area contributed by atoms with E-state index >= 15 is 0 Å². The van der Waals surface area contributed by atoms with Crippen LogP contribution in [-0.4, -0.2) is 12.6 Å². The van der Waals surface area contributed by atoms with E-state index in [1.165, 1.54) is 37.8 Å². The van der Waals surface area contributed by atoms with Crippen molar-refractivity contribution < 1.29 is 0 Å². The largest absolute Gasteiger partial charge is 0.368 e. The summed E-state index contributed by atoms with van der Waals surface area (Å²) in [4.78, 5) is 2.47. The average molecular weight is 317 g/mol. The van der Waals surface area contributed by atoms with Gasteiger partial charge < -0.3 is 4.90 Å². The van der Waals surface area contributed by atoms with E-state index in [-0.39, 0.29) is 0 Å². The molecule has 1 aliphatic carbocycles. The van der Waals surface area contributed by atoms with Crippen molar-refractivity contribution in [1.29, 1.82) is 0 Å². The lowest BCUT2D eigenvalue weighted by molar-refractivity contribution is 0.418. The summed E-state index contributed by atoms with van der Waals surface area (Å²) in [7, 11) is 0. The molecule has 1 nitrogen and oxygen atoms in total. The fourth-order valence-corrected chi connectivity index (χ4v) is 3.51. The summed E-state index contributed by atoms with van der Waals surface area (Å²) >= 11 is 9.81. The predicted octanol–water partition coefficient (Wildman–Crippen LogP) is 5.26. The van der Waals surface area contributed by atoms with Crippen LogP contribution in [0.15, 0.2) is 22.7 Å². The monoisotopic (exact) mass is 315 g/mol. The van der Waals surface area contributed by atoms with Crippen LogP contribution in [-0.2, 0) is 0 Å². The molecule has 0 bridgehead atoms. The Balaban J connectivity index is 2.21. The molecule has 1 saturated carbocycles. The van der Waals surface area contributed by atoms with Crippen molar-refractivity contribution in [2.45, 2.75) is 45.1 Å². The number of rotatable bonds is 3. The van der Waals surface area contributed by atoms with Gasteiger partial charge >= 0.3 is 0 Å². The molecule has 0 atom stereocenters. The highest BCUT2D eigenvalue weighted by atomic mass is 79.9. The molecule has 0 aromatic heterocycles. The van der Waals surface area contributed by atoms with Crippen LogP contribution in [0.1, 0.15) is 39.0 Å². The molecule has 0 heterocycles. The minimum atomic E-state index is 0.674. The maximum absolute atomic E-state index is 6.35. The van der Waals surface area contributed by atoms with Crippen molar-refractivity contribution in [3.63, 3.8) is 0 Å². The normalized spacial score (nSPS) is 17.1. The van der Waals surface area contributed by atoms with Gasteiger partial charge in [0.25, 0.3) is 0 Å². The van der Waals surface area contributed by atoms with Crippen LogP contribution in [0.5, 0.6) is 0 Å². The van der Waals surface area contributed by atoms with Crippen molar-refractivity contribution in [3.8, 4) is 0 Å². The van der Waals surface area contributed by atoms with Crippen LogP contribution < -0.4 is 4.90 Å². The predicted molar refractivity (Wildman–Crippen MR) is 79.0 cm³/mol. The first kappa shape index (κ1) is 13.2. The zero-order valence-corrected chi connectivity index (χ0v) is 12.6. The Morgan fingerprint density at radius 2 is 2.00 bits per heavy atom. The van der Waals surface area contributed by atoms with Crippen molar-refractivity contribution in [3.05, 3.63) is 27.7 Å². The Hall–Kier alpha value is -0.210. The summed E-state index contributed by atoms with van der Waals surface area (Å²) < 4.78 is 1.05. The summed E-state index contributed by atoms with van der Waals surface area (Å²) in [6.45, 7) is 3.25. The summed E-state index contributed by atoms with van der Waals surface area (Å²) in [5.74, 6) is 0. The molecule has 3 heteroatoms. The number of benzene rings is 1. The highest BCUT2D eigenvalue weighted by Gasteiger charge is 2.21. The Morgan fingerprint density at radius 3 is 2.59 bits per heavy atom. The first-order valence-electron chi connectivity index (χ1n) is 6.44. The van der Waals surface area contributed by atoms with Crippen LogP contribution in [0.4, 0.5) is 5.69 Å². The van der Waals surface area contributed by atoms with Gasteiger partial charge in [-0.1, -0.05) is 46.8 Å². The van der Waals surface area contributed by atoms with Gasteiger partial charge in [0.1, 0.15) is 0 Å². The number of halogens is 2. The number of hydrogen-bond acceptors (Lipinski definition) is 1. The highest BCUT2D eigenvalue weighted by Crippen LogP contribution is 2.33. The molecule has 0 unspecified atom stereocenters. The number of anilines is 1. The van der Waals surface area contributed by atoms with Gasteiger partial charge in [-0.05, 0) is 38.0 Å². The van der Waals surface area contributed by atoms with E-state index in [0.717, 1.165) is 16.0 Å². The van der Waals surface area contributed by atoms with Crippen LogP contribution in [0.2, 0.25) is 5.02 Å². The van der Waals surface area contributed by atoms with Crippen molar-refractivity contribution in [2.75, 3.05) is 11.4 Å². The Kier molecular flexibility index (Phi) is 4.75. The van der Waals surface area contributed by atoms with Gasteiger partial charge in [0.15, 0.2) is 0 Å². The lowest BCUT2D eigenvalue weighted by atomic mass is 9.94. The fraction of sp³-hybridized carbons (Fsp3) is 0.571. The number of nitrogens with zero attached hydrogens (tertiary/aromatic N) is 1. The maximum atomic E-state index is 6.35. The molecule has 1 aliphatic rings. The summed E-state index contributed by atoms with van der Waals surface area (Å²) in [6.07, 6.45) is 6.72. The van der Waals surface area contributed by atoms with E-state index in [0.29, 0.717) is 6.04 Å². The van der Waals surface area contributed by atoms with E-state index < -0.39 is 0 Å². The van der Waals surface area contributed by atoms with E-state index in [9.17, 15) is 0 Å². The van der Waals surface area contributed by atoms with Gasteiger partial charge in [0, 0.05) is 17.1 Å². The van der Waals surface area contributed by atoms with Gasteiger partial charge in [-0.3, -0.25) is 0 Å². The van der Waals surface area contributed by atoms with Crippen molar-refractivity contribution in [2.24, 2.45) is 0 Å². The third kappa shape index (κ3) is 3.17. The fourth-order valence-electron chi connectivity index (χ4n) is 2.73. The zero-order valence-electron chi connectivity index (χ0n) is 10.3. The Morgan fingerprint density at radius 1 is 1.29 bits per heavy atom. The molecule has 0 aliphatic heterocycles. The van der Waals surface area contributed by atoms with Crippen LogP contribution in [0.3, 0.4) is 0 Å². The molecule has 17 heavy (non-hydrogen) atoms. The zero-order chi connectivity index (χ0) is 12.3. The summed E-state index contributed by atoms with van der Waals surface area (Å²) in [5, 5.41) is 0.854. The molecule has 2 rings (SSSR count). The van der Waals surface area contributed by atoms with E-state index in [1.54, 1.807) is 0 Å². The van der Waals surface area contributed by atoms with E-state index in [2.05, 4.69) is 39.9 Å². The molecular formula is C14H19BrClN. The molecule has 0 N–H and O–H groups in total. The quantitative estimate of drug-likeness (QED) is 0.735. The molecule has 0 amide bonds. The molecular weight excluding hydrogens is 298 g/mol. The number of hydrogen-bond donors (Lipinski definition) is 0. The summed E-state index contributed by atoms with van der Waals surface area (Å²) in [6, 6.07) is 6.87. The molecule has 1 aromatic carbocycles. The Bertz CT molecular complexity index is 374. The maximum Gasteiger partial charge on any atom is 0.0650 e. The second-order valence-corrected chi connectivity index (χ2v) is 6.00. The van der Waals surface area contributed by atoms with Crippen LogP contribution in [0.25, 0.3) is 0 Å². The SMILES string of the molecule is CCN(c1ccc(Br)cc1Cl)C1CCCCC1. The molecule has 1 fully saturated rings. The second-order valence-electron chi connectivity index (χ2n) is 4.67. The Labute approximate surface area is 117 Å². The van der Waals surface area contributed by atoms with Crippen molar-refractivity contribution >= 4 is 33.2 Å². The van der Waals surface area contributed by atoms with E-state index in [4.69, 9.17) is 11.6 Å². The average Bonchev–Trinajstić information content (AvgIpc) is 2.34. The first-order valence-corrected chi connectivity index (χ1v) is 7.61. The van der Waals surface area contributed by atoms with Gasteiger partial charge in [-0.25, -0.2) is 0 Å². The third-order valence-electron chi connectivity index (χ3n) is 3.58. The molecule has 1 aromatic rings. The molecule has 0 saturated heterocycles. The molecule has 0 spiro atoms. The van der Waals surface area contributed by atoms with Gasteiger partial charge in [-0.2, -0.15) is 0 Å². The van der Waals surface area contributed by atoms with E-state index in [1.807, 2.05) is 6.07 Å². The van der Waals surface area contributed by atoms with Gasteiger partial charge in [0.05, 0.1) is 10.7 Å². The van der Waals surface area contributed by atoms with Gasteiger partial charge in [-0.15, -0.1) is 0 Å². The topological polar surface area (TPSA) is 3.24 Å². The first-order chi connectivity index (χ1) is 8.22. The lowest BCUT2D eigenvalue weighted by Gasteiger charge is -2.36. The highest BCUT2D eigenvalue weighted by molar-refractivity contribution is 9.10. The van der Waals surface area contributed by atoms with Gasteiger partial charge in [0.2, 0.25) is 0 Å². The minimum Gasteiger partial charge on any atom is -0.368 e. The molecule has 0 radical (unpaired) electrons. The molecule has 94 valence electrons.